The molecule has 0 bridgehead atoms. The van der Waals surface area contributed by atoms with Crippen molar-refractivity contribution in [3.8, 4) is 0 Å². The molecular weight excluding hydrogens is 398 g/mol. The van der Waals surface area contributed by atoms with Crippen molar-refractivity contribution in [2.75, 3.05) is 54.5 Å². The lowest BCUT2D eigenvalue weighted by Crippen LogP contribution is -2.40. The minimum absolute atomic E-state index is 0.397. The van der Waals surface area contributed by atoms with Crippen LogP contribution in [0.3, 0.4) is 0 Å². The van der Waals surface area contributed by atoms with Gasteiger partial charge in [0.2, 0.25) is 11.9 Å². The molecule has 8 nitrogen and oxygen atoms in total. The topological polar surface area (TPSA) is 79.3 Å². The van der Waals surface area contributed by atoms with Crippen LogP contribution in [-0.2, 0) is 4.74 Å². The first-order chi connectivity index (χ1) is 12.8. The molecule has 0 spiro atoms. The number of ether oxygens (including phenoxy) is 1. The van der Waals surface area contributed by atoms with Crippen molar-refractivity contribution in [1.82, 2.24) is 19.9 Å². The van der Waals surface area contributed by atoms with E-state index in [1.54, 1.807) is 12.4 Å². The minimum atomic E-state index is 0.397. The number of rotatable bonds is 4. The summed E-state index contributed by atoms with van der Waals surface area (Å²) in [5, 5.41) is 3.56. The highest BCUT2D eigenvalue weighted by Gasteiger charge is 2.21. The van der Waals surface area contributed by atoms with Gasteiger partial charge in [-0.05, 0) is 34.8 Å². The van der Waals surface area contributed by atoms with Gasteiger partial charge >= 0.3 is 0 Å². The molecular formula is C17H22BrN7O. The summed E-state index contributed by atoms with van der Waals surface area (Å²) in [6.07, 6.45) is 7.46. The summed E-state index contributed by atoms with van der Waals surface area (Å²) in [4.78, 5) is 22.3. The number of piperidine rings is 1. The second-order valence-corrected chi connectivity index (χ2v) is 7.36. The van der Waals surface area contributed by atoms with Crippen molar-refractivity contribution in [1.29, 1.82) is 0 Å². The molecule has 0 aromatic carbocycles. The number of nitrogens with one attached hydrogen (secondary N) is 1. The van der Waals surface area contributed by atoms with E-state index in [4.69, 9.17) is 4.74 Å². The first kappa shape index (κ1) is 17.4. The van der Waals surface area contributed by atoms with Gasteiger partial charge in [0, 0.05) is 50.8 Å². The monoisotopic (exact) mass is 419 g/mol. The Morgan fingerprint density at radius 2 is 1.65 bits per heavy atom. The zero-order valence-electron chi connectivity index (χ0n) is 14.5. The van der Waals surface area contributed by atoms with Crippen LogP contribution in [0.25, 0.3) is 0 Å². The Morgan fingerprint density at radius 1 is 0.962 bits per heavy atom. The Balaban J connectivity index is 1.33. The average molecular weight is 420 g/mol. The molecule has 0 atom stereocenters. The first-order valence-electron chi connectivity index (χ1n) is 8.93. The third-order valence-corrected chi connectivity index (χ3v) is 5.08. The van der Waals surface area contributed by atoms with Crippen molar-refractivity contribution < 1.29 is 4.74 Å². The molecule has 2 aromatic heterocycles. The van der Waals surface area contributed by atoms with Gasteiger partial charge in [-0.3, -0.25) is 0 Å². The maximum absolute atomic E-state index is 5.40. The van der Waals surface area contributed by atoms with Crippen LogP contribution in [-0.4, -0.2) is 65.4 Å². The predicted molar refractivity (Wildman–Crippen MR) is 104 cm³/mol. The standard InChI is InChI=1S/C17H22BrN7O/c18-13-11-20-16(21-12-13)24-5-2-14(3-6-24)22-15-1-4-19-17(23-15)25-7-9-26-10-8-25/h1,4,11-12,14H,2-3,5-10H2,(H,19,22,23). The largest absolute Gasteiger partial charge is 0.378 e. The van der Waals surface area contributed by atoms with Crippen LogP contribution in [0, 0.1) is 0 Å². The van der Waals surface area contributed by atoms with Gasteiger partial charge in [-0.1, -0.05) is 0 Å². The third kappa shape index (κ3) is 4.21. The van der Waals surface area contributed by atoms with Crippen molar-refractivity contribution in [2.45, 2.75) is 18.9 Å². The predicted octanol–water partition coefficient (Wildman–Crippen LogP) is 1.95. The fourth-order valence-electron chi connectivity index (χ4n) is 3.25. The molecule has 138 valence electrons. The van der Waals surface area contributed by atoms with E-state index in [0.717, 1.165) is 74.4 Å². The molecule has 26 heavy (non-hydrogen) atoms. The Hall–Kier alpha value is -2.00. The minimum Gasteiger partial charge on any atom is -0.378 e. The molecule has 4 heterocycles. The Labute approximate surface area is 161 Å². The van der Waals surface area contributed by atoms with E-state index in [0.29, 0.717) is 6.04 Å². The summed E-state index contributed by atoms with van der Waals surface area (Å²) in [5.41, 5.74) is 0. The van der Waals surface area contributed by atoms with Gasteiger partial charge in [0.1, 0.15) is 5.82 Å². The normalized spacial score (nSPS) is 18.8. The van der Waals surface area contributed by atoms with Gasteiger partial charge in [-0.25, -0.2) is 15.0 Å². The highest BCUT2D eigenvalue weighted by atomic mass is 79.9. The second-order valence-electron chi connectivity index (χ2n) is 6.45. The van der Waals surface area contributed by atoms with Gasteiger partial charge in [0.25, 0.3) is 0 Å². The lowest BCUT2D eigenvalue weighted by atomic mass is 10.1. The lowest BCUT2D eigenvalue weighted by Gasteiger charge is -2.32. The van der Waals surface area contributed by atoms with Crippen molar-refractivity contribution in [3.63, 3.8) is 0 Å². The van der Waals surface area contributed by atoms with Crippen LogP contribution in [0.1, 0.15) is 12.8 Å². The maximum atomic E-state index is 5.40. The molecule has 0 radical (unpaired) electrons. The molecule has 9 heteroatoms. The molecule has 4 rings (SSSR count). The number of aromatic nitrogens is 4. The summed E-state index contributed by atoms with van der Waals surface area (Å²) in [6.45, 7) is 5.01. The van der Waals surface area contributed by atoms with Crippen LogP contribution in [0.5, 0.6) is 0 Å². The zero-order chi connectivity index (χ0) is 17.8. The van der Waals surface area contributed by atoms with Crippen LogP contribution < -0.4 is 15.1 Å². The number of nitrogens with zero attached hydrogens (tertiary/aromatic N) is 6. The number of morpholine rings is 1. The summed E-state index contributed by atoms with van der Waals surface area (Å²) in [6, 6.07) is 2.34. The highest BCUT2D eigenvalue weighted by Crippen LogP contribution is 2.20. The molecule has 2 fully saturated rings. The molecule has 0 amide bonds. The molecule has 0 unspecified atom stereocenters. The van der Waals surface area contributed by atoms with Gasteiger partial charge in [0.15, 0.2) is 0 Å². The SMILES string of the molecule is Brc1cnc(N2CCC(Nc3ccnc(N4CCOCC4)n3)CC2)nc1. The van der Waals surface area contributed by atoms with E-state index in [9.17, 15) is 0 Å². The third-order valence-electron chi connectivity index (χ3n) is 4.67. The van der Waals surface area contributed by atoms with E-state index >= 15 is 0 Å². The van der Waals surface area contributed by atoms with E-state index < -0.39 is 0 Å². The van der Waals surface area contributed by atoms with Gasteiger partial charge in [-0.15, -0.1) is 0 Å². The van der Waals surface area contributed by atoms with Crippen LogP contribution in [0.4, 0.5) is 17.7 Å². The fourth-order valence-corrected chi connectivity index (χ4v) is 3.45. The number of anilines is 3. The number of hydrogen-bond acceptors (Lipinski definition) is 8. The molecule has 2 aliphatic rings. The maximum Gasteiger partial charge on any atom is 0.227 e. The van der Waals surface area contributed by atoms with Crippen molar-refractivity contribution in [2.24, 2.45) is 0 Å². The molecule has 1 N–H and O–H groups in total. The molecule has 2 aromatic rings. The van der Waals surface area contributed by atoms with Crippen molar-refractivity contribution >= 4 is 33.6 Å². The smallest absolute Gasteiger partial charge is 0.227 e. The fraction of sp³-hybridized carbons (Fsp3) is 0.529. The van der Waals surface area contributed by atoms with E-state index in [2.05, 4.69) is 51.0 Å². The average Bonchev–Trinajstić information content (AvgIpc) is 2.70. The Morgan fingerprint density at radius 3 is 2.38 bits per heavy atom. The summed E-state index contributed by atoms with van der Waals surface area (Å²) >= 11 is 3.37. The van der Waals surface area contributed by atoms with Crippen molar-refractivity contribution in [3.05, 3.63) is 29.1 Å². The van der Waals surface area contributed by atoms with Crippen LogP contribution >= 0.6 is 15.9 Å². The highest BCUT2D eigenvalue weighted by molar-refractivity contribution is 9.10. The zero-order valence-corrected chi connectivity index (χ0v) is 16.1. The molecule has 2 saturated heterocycles. The lowest BCUT2D eigenvalue weighted by molar-refractivity contribution is 0.122. The number of halogens is 1. The first-order valence-corrected chi connectivity index (χ1v) is 9.72. The van der Waals surface area contributed by atoms with Gasteiger partial charge < -0.3 is 19.9 Å². The van der Waals surface area contributed by atoms with Gasteiger partial charge in [0.05, 0.1) is 17.7 Å². The quantitative estimate of drug-likeness (QED) is 0.804. The van der Waals surface area contributed by atoms with Gasteiger partial charge in [-0.2, -0.15) is 4.98 Å². The summed E-state index contributed by atoms with van der Waals surface area (Å²) < 4.78 is 6.30. The second kappa shape index (κ2) is 8.13. The van der Waals surface area contributed by atoms with E-state index in [1.807, 2.05) is 12.3 Å². The summed E-state index contributed by atoms with van der Waals surface area (Å²) in [5.74, 6) is 2.46. The molecule has 0 aliphatic carbocycles. The van der Waals surface area contributed by atoms with Crippen LogP contribution in [0.15, 0.2) is 29.1 Å². The van der Waals surface area contributed by atoms with Crippen LogP contribution in [0.2, 0.25) is 0 Å². The van der Waals surface area contributed by atoms with E-state index in [1.165, 1.54) is 0 Å². The Bertz CT molecular complexity index is 715. The molecule has 2 aliphatic heterocycles. The summed E-state index contributed by atoms with van der Waals surface area (Å²) in [7, 11) is 0. The van der Waals surface area contributed by atoms with E-state index in [-0.39, 0.29) is 0 Å². The molecule has 0 saturated carbocycles. The number of hydrogen-bond donors (Lipinski definition) is 1. The Kier molecular flexibility index (Phi) is 5.45.